The van der Waals surface area contributed by atoms with E-state index in [4.69, 9.17) is 0 Å². The number of carbonyl (C=O) groups excluding carboxylic acids is 1. The Kier molecular flexibility index (Phi) is 4.39. The molecule has 0 saturated carbocycles. The third kappa shape index (κ3) is 3.32. The molecule has 112 valence electrons. The summed E-state index contributed by atoms with van der Waals surface area (Å²) < 4.78 is 37.9. The van der Waals surface area contributed by atoms with Crippen LogP contribution in [0.15, 0.2) is 17.5 Å². The molecule has 1 aromatic rings. The number of carbonyl (C=O) groups is 1. The van der Waals surface area contributed by atoms with Crippen LogP contribution in [0.3, 0.4) is 0 Å². The van der Waals surface area contributed by atoms with E-state index in [1.165, 1.54) is 4.90 Å². The molecule has 0 aromatic carbocycles. The monoisotopic (exact) mass is 307 g/mol. The number of hydrogen-bond donors (Lipinski definition) is 1. The summed E-state index contributed by atoms with van der Waals surface area (Å²) in [6.07, 6.45) is -4.61. The lowest BCUT2D eigenvalue weighted by molar-refractivity contribution is -0.272. The van der Waals surface area contributed by atoms with Gasteiger partial charge in [0.25, 0.3) is 0 Å². The molecule has 0 unspecified atom stereocenters. The maximum atomic E-state index is 12.6. The van der Waals surface area contributed by atoms with Crippen LogP contribution in [0, 0.1) is 0 Å². The first kappa shape index (κ1) is 15.3. The van der Waals surface area contributed by atoms with Crippen LogP contribution in [0.1, 0.15) is 24.1 Å². The molecule has 1 saturated heterocycles. The average Bonchev–Trinajstić information content (AvgIpc) is 2.88. The third-order valence-electron chi connectivity index (χ3n) is 3.64. The summed E-state index contributed by atoms with van der Waals surface area (Å²) in [5, 5.41) is 11.4. The Morgan fingerprint density at radius 1 is 1.40 bits per heavy atom. The van der Waals surface area contributed by atoms with E-state index in [0.29, 0.717) is 12.8 Å². The number of amides is 1. The summed E-state index contributed by atoms with van der Waals surface area (Å²) in [7, 11) is 0. The number of rotatable bonds is 3. The molecule has 0 bridgehead atoms. The number of thiophene rings is 1. The van der Waals surface area contributed by atoms with Crippen molar-refractivity contribution in [3.63, 3.8) is 0 Å². The van der Waals surface area contributed by atoms with Crippen molar-refractivity contribution in [2.24, 2.45) is 0 Å². The fourth-order valence-electron chi connectivity index (χ4n) is 2.25. The van der Waals surface area contributed by atoms with Gasteiger partial charge in [0.2, 0.25) is 5.91 Å². The summed E-state index contributed by atoms with van der Waals surface area (Å²) in [5.41, 5.74) is -2.64. The Balaban J connectivity index is 1.83. The van der Waals surface area contributed by atoms with Gasteiger partial charge in [-0.2, -0.15) is 13.2 Å². The lowest BCUT2D eigenvalue weighted by Crippen LogP contribution is -2.54. The van der Waals surface area contributed by atoms with Gasteiger partial charge in [-0.3, -0.25) is 4.79 Å². The highest BCUT2D eigenvalue weighted by atomic mass is 32.1. The molecule has 0 spiro atoms. The minimum atomic E-state index is -4.63. The van der Waals surface area contributed by atoms with E-state index in [1.54, 1.807) is 11.3 Å². The standard InChI is InChI=1S/C13H16F3NO2S/c14-13(15,16)12(19)5-7-17(8-6-12)11(18)4-3-10-2-1-9-20-10/h1-2,9,19H,3-8H2. The van der Waals surface area contributed by atoms with Gasteiger partial charge in [-0.15, -0.1) is 11.3 Å². The molecular formula is C13H16F3NO2S. The van der Waals surface area contributed by atoms with Crippen LogP contribution in [0.5, 0.6) is 0 Å². The second kappa shape index (κ2) is 5.73. The molecule has 1 fully saturated rings. The van der Waals surface area contributed by atoms with E-state index < -0.39 is 24.6 Å². The van der Waals surface area contributed by atoms with Crippen LogP contribution in [0.2, 0.25) is 0 Å². The number of aliphatic hydroxyl groups is 1. The number of halogens is 3. The topological polar surface area (TPSA) is 40.5 Å². The second-order valence-corrected chi connectivity index (χ2v) is 6.02. The molecule has 2 heterocycles. The van der Waals surface area contributed by atoms with Crippen molar-refractivity contribution in [1.82, 2.24) is 4.90 Å². The van der Waals surface area contributed by atoms with Crippen molar-refractivity contribution in [3.8, 4) is 0 Å². The van der Waals surface area contributed by atoms with Gasteiger partial charge in [0.05, 0.1) is 0 Å². The zero-order valence-corrected chi connectivity index (χ0v) is 11.6. The summed E-state index contributed by atoms with van der Waals surface area (Å²) in [6, 6.07) is 3.82. The first-order chi connectivity index (χ1) is 9.32. The number of hydrogen-bond acceptors (Lipinski definition) is 3. The minimum absolute atomic E-state index is 0.0424. The van der Waals surface area contributed by atoms with E-state index in [1.807, 2.05) is 17.5 Å². The molecule has 1 N–H and O–H groups in total. The van der Waals surface area contributed by atoms with Crippen LogP contribution in [-0.4, -0.2) is 40.8 Å². The fourth-order valence-corrected chi connectivity index (χ4v) is 2.96. The first-order valence-corrected chi connectivity index (χ1v) is 7.29. The van der Waals surface area contributed by atoms with E-state index >= 15 is 0 Å². The molecule has 1 amide bonds. The quantitative estimate of drug-likeness (QED) is 0.932. The highest BCUT2D eigenvalue weighted by Gasteiger charge is 2.54. The maximum absolute atomic E-state index is 12.6. The van der Waals surface area contributed by atoms with Gasteiger partial charge >= 0.3 is 6.18 Å². The minimum Gasteiger partial charge on any atom is -0.380 e. The largest absolute Gasteiger partial charge is 0.417 e. The van der Waals surface area contributed by atoms with Gasteiger partial charge in [0.15, 0.2) is 5.60 Å². The van der Waals surface area contributed by atoms with Gasteiger partial charge in [-0.05, 0) is 17.9 Å². The summed E-state index contributed by atoms with van der Waals surface area (Å²) >= 11 is 1.56. The molecule has 7 heteroatoms. The number of alkyl halides is 3. The Morgan fingerprint density at radius 2 is 2.05 bits per heavy atom. The van der Waals surface area contributed by atoms with Crippen molar-refractivity contribution in [1.29, 1.82) is 0 Å². The van der Waals surface area contributed by atoms with Crippen LogP contribution >= 0.6 is 11.3 Å². The van der Waals surface area contributed by atoms with Crippen molar-refractivity contribution in [3.05, 3.63) is 22.4 Å². The molecule has 0 radical (unpaired) electrons. The maximum Gasteiger partial charge on any atom is 0.417 e. The van der Waals surface area contributed by atoms with Gasteiger partial charge in [-0.1, -0.05) is 6.07 Å². The van der Waals surface area contributed by atoms with Gasteiger partial charge in [-0.25, -0.2) is 0 Å². The highest BCUT2D eigenvalue weighted by Crippen LogP contribution is 2.38. The Hall–Kier alpha value is -1.08. The molecule has 1 aromatic heterocycles. The smallest absolute Gasteiger partial charge is 0.380 e. The number of piperidine rings is 1. The normalized spacial score (nSPS) is 19.1. The van der Waals surface area contributed by atoms with Gasteiger partial charge in [0, 0.05) is 37.2 Å². The molecule has 2 rings (SSSR count). The Labute approximate surface area is 119 Å². The summed E-state index contributed by atoms with van der Waals surface area (Å²) in [5.74, 6) is -0.150. The van der Waals surface area contributed by atoms with Crippen molar-refractivity contribution in [2.75, 3.05) is 13.1 Å². The van der Waals surface area contributed by atoms with Crippen LogP contribution in [0.25, 0.3) is 0 Å². The van der Waals surface area contributed by atoms with Crippen LogP contribution in [0.4, 0.5) is 13.2 Å². The molecule has 20 heavy (non-hydrogen) atoms. The fraction of sp³-hybridized carbons (Fsp3) is 0.615. The lowest BCUT2D eigenvalue weighted by Gasteiger charge is -2.39. The van der Waals surface area contributed by atoms with E-state index in [2.05, 4.69) is 0 Å². The van der Waals surface area contributed by atoms with E-state index in [-0.39, 0.29) is 19.0 Å². The highest BCUT2D eigenvalue weighted by molar-refractivity contribution is 7.09. The zero-order chi connectivity index (χ0) is 14.8. The molecular weight excluding hydrogens is 291 g/mol. The molecule has 3 nitrogen and oxygen atoms in total. The Morgan fingerprint density at radius 3 is 2.55 bits per heavy atom. The SMILES string of the molecule is O=C(CCc1cccs1)N1CCC(O)(C(F)(F)F)CC1. The predicted molar refractivity (Wildman–Crippen MR) is 69.5 cm³/mol. The van der Waals surface area contributed by atoms with E-state index in [9.17, 15) is 23.1 Å². The van der Waals surface area contributed by atoms with Gasteiger partial charge < -0.3 is 10.0 Å². The number of nitrogens with zero attached hydrogens (tertiary/aromatic N) is 1. The number of likely N-dealkylation sites (tertiary alicyclic amines) is 1. The molecule has 1 aliphatic rings. The Bertz CT molecular complexity index is 451. The number of aryl methyl sites for hydroxylation is 1. The van der Waals surface area contributed by atoms with Crippen molar-refractivity contribution >= 4 is 17.2 Å². The third-order valence-corrected chi connectivity index (χ3v) is 4.57. The predicted octanol–water partition coefficient (Wildman–Crippen LogP) is 2.60. The molecule has 0 aliphatic carbocycles. The lowest BCUT2D eigenvalue weighted by atomic mass is 9.90. The van der Waals surface area contributed by atoms with Crippen LogP contribution in [-0.2, 0) is 11.2 Å². The molecule has 0 atom stereocenters. The van der Waals surface area contributed by atoms with Crippen LogP contribution < -0.4 is 0 Å². The van der Waals surface area contributed by atoms with Gasteiger partial charge in [0.1, 0.15) is 0 Å². The summed E-state index contributed by atoms with van der Waals surface area (Å²) in [4.78, 5) is 14.4. The first-order valence-electron chi connectivity index (χ1n) is 6.41. The average molecular weight is 307 g/mol. The second-order valence-electron chi connectivity index (χ2n) is 4.99. The van der Waals surface area contributed by atoms with E-state index in [0.717, 1.165) is 4.88 Å². The van der Waals surface area contributed by atoms with Crippen molar-refractivity contribution in [2.45, 2.75) is 37.5 Å². The summed E-state index contributed by atoms with van der Waals surface area (Å²) in [6.45, 7) is -0.0848. The van der Waals surface area contributed by atoms with Crippen molar-refractivity contribution < 1.29 is 23.1 Å². The zero-order valence-electron chi connectivity index (χ0n) is 10.8. The molecule has 1 aliphatic heterocycles.